The van der Waals surface area contributed by atoms with Gasteiger partial charge in [-0.25, -0.2) is 4.79 Å². The summed E-state index contributed by atoms with van der Waals surface area (Å²) < 4.78 is 15.9. The lowest BCUT2D eigenvalue weighted by Gasteiger charge is -2.13. The van der Waals surface area contributed by atoms with E-state index in [1.54, 1.807) is 23.1 Å². The minimum absolute atomic E-state index is 0.160. The molecule has 1 saturated heterocycles. The largest absolute Gasteiger partial charge is 0.454 e. The van der Waals surface area contributed by atoms with E-state index in [0.29, 0.717) is 23.6 Å². The molecule has 0 spiro atoms. The van der Waals surface area contributed by atoms with E-state index in [1.807, 2.05) is 31.2 Å². The van der Waals surface area contributed by atoms with Crippen LogP contribution in [0.3, 0.4) is 0 Å². The standard InChI is InChI=1S/C19H18N2O5/c1-12-2-5-14(6-3-12)21-10-15(26-19(21)23)9-20-18(22)13-4-7-16-17(8-13)25-11-24-16/h2-8,15H,9-11H2,1H3,(H,20,22). The highest BCUT2D eigenvalue weighted by Crippen LogP contribution is 2.32. The van der Waals surface area contributed by atoms with Gasteiger partial charge in [-0.05, 0) is 37.3 Å². The van der Waals surface area contributed by atoms with Gasteiger partial charge < -0.3 is 19.5 Å². The molecule has 134 valence electrons. The second-order valence-electron chi connectivity index (χ2n) is 6.23. The van der Waals surface area contributed by atoms with E-state index in [2.05, 4.69) is 5.32 Å². The molecule has 2 aromatic rings. The molecule has 7 heteroatoms. The van der Waals surface area contributed by atoms with Crippen LogP contribution in [0, 0.1) is 6.92 Å². The van der Waals surface area contributed by atoms with Crippen LogP contribution < -0.4 is 19.7 Å². The number of amides is 2. The van der Waals surface area contributed by atoms with Gasteiger partial charge in [-0.1, -0.05) is 17.7 Å². The Morgan fingerprint density at radius 2 is 1.92 bits per heavy atom. The highest BCUT2D eigenvalue weighted by Gasteiger charge is 2.32. The van der Waals surface area contributed by atoms with E-state index in [9.17, 15) is 9.59 Å². The van der Waals surface area contributed by atoms with E-state index < -0.39 is 12.2 Å². The summed E-state index contributed by atoms with van der Waals surface area (Å²) in [5.74, 6) is 0.920. The number of anilines is 1. The number of carbonyl (C=O) groups is 2. The Bertz CT molecular complexity index is 850. The van der Waals surface area contributed by atoms with Crippen molar-refractivity contribution >= 4 is 17.7 Å². The van der Waals surface area contributed by atoms with Crippen molar-refractivity contribution in [2.75, 3.05) is 24.8 Å². The summed E-state index contributed by atoms with van der Waals surface area (Å²) in [6, 6.07) is 12.6. The summed E-state index contributed by atoms with van der Waals surface area (Å²) in [6.07, 6.45) is -0.807. The van der Waals surface area contributed by atoms with Crippen LogP contribution in [0.25, 0.3) is 0 Å². The van der Waals surface area contributed by atoms with Gasteiger partial charge in [-0.15, -0.1) is 0 Å². The molecular weight excluding hydrogens is 336 g/mol. The van der Waals surface area contributed by atoms with Crippen LogP contribution in [-0.4, -0.2) is 38.0 Å². The lowest BCUT2D eigenvalue weighted by atomic mass is 10.2. The molecule has 1 unspecified atom stereocenters. The summed E-state index contributed by atoms with van der Waals surface area (Å²) in [5, 5.41) is 2.79. The number of ether oxygens (including phenoxy) is 3. The molecule has 0 bridgehead atoms. The van der Waals surface area contributed by atoms with Crippen LogP contribution in [0.15, 0.2) is 42.5 Å². The Morgan fingerprint density at radius 3 is 2.73 bits per heavy atom. The van der Waals surface area contributed by atoms with E-state index in [0.717, 1.165) is 11.3 Å². The highest BCUT2D eigenvalue weighted by molar-refractivity contribution is 5.95. The fourth-order valence-electron chi connectivity index (χ4n) is 2.91. The number of nitrogens with one attached hydrogen (secondary N) is 1. The van der Waals surface area contributed by atoms with E-state index in [1.165, 1.54) is 0 Å². The van der Waals surface area contributed by atoms with Gasteiger partial charge in [-0.3, -0.25) is 9.69 Å². The average molecular weight is 354 g/mol. The monoisotopic (exact) mass is 354 g/mol. The summed E-state index contributed by atoms with van der Waals surface area (Å²) in [5.41, 5.74) is 2.37. The molecule has 1 N–H and O–H groups in total. The van der Waals surface area contributed by atoms with Gasteiger partial charge in [0.15, 0.2) is 11.5 Å². The van der Waals surface area contributed by atoms with Crippen LogP contribution in [0.1, 0.15) is 15.9 Å². The second-order valence-corrected chi connectivity index (χ2v) is 6.23. The fourth-order valence-corrected chi connectivity index (χ4v) is 2.91. The SMILES string of the molecule is Cc1ccc(N2CC(CNC(=O)c3ccc4c(c3)OCO4)OC2=O)cc1. The summed E-state index contributed by atoms with van der Waals surface area (Å²) in [7, 11) is 0. The minimum Gasteiger partial charge on any atom is -0.454 e. The van der Waals surface area contributed by atoms with Crippen molar-refractivity contribution < 1.29 is 23.8 Å². The first-order valence-corrected chi connectivity index (χ1v) is 8.33. The van der Waals surface area contributed by atoms with Crippen LogP contribution in [0.4, 0.5) is 10.5 Å². The third kappa shape index (κ3) is 3.15. The summed E-state index contributed by atoms with van der Waals surface area (Å²) >= 11 is 0. The Hall–Kier alpha value is -3.22. The molecule has 0 saturated carbocycles. The number of benzene rings is 2. The molecule has 0 aromatic heterocycles. The quantitative estimate of drug-likeness (QED) is 0.913. The molecule has 2 aromatic carbocycles. The molecule has 1 atom stereocenters. The van der Waals surface area contributed by atoms with Gasteiger partial charge in [0.2, 0.25) is 6.79 Å². The zero-order valence-corrected chi connectivity index (χ0v) is 14.2. The maximum Gasteiger partial charge on any atom is 0.414 e. The summed E-state index contributed by atoms with van der Waals surface area (Å²) in [4.78, 5) is 25.9. The van der Waals surface area contributed by atoms with Crippen LogP contribution in [0.5, 0.6) is 11.5 Å². The van der Waals surface area contributed by atoms with Gasteiger partial charge >= 0.3 is 6.09 Å². The molecule has 0 aliphatic carbocycles. The highest BCUT2D eigenvalue weighted by atomic mass is 16.7. The van der Waals surface area contributed by atoms with Crippen LogP contribution in [-0.2, 0) is 4.74 Å². The molecule has 2 aliphatic heterocycles. The molecule has 0 radical (unpaired) electrons. The van der Waals surface area contributed by atoms with Gasteiger partial charge in [0.05, 0.1) is 13.1 Å². The number of nitrogens with zero attached hydrogens (tertiary/aromatic N) is 1. The lowest BCUT2D eigenvalue weighted by Crippen LogP contribution is -2.34. The van der Waals surface area contributed by atoms with E-state index in [4.69, 9.17) is 14.2 Å². The van der Waals surface area contributed by atoms with E-state index >= 15 is 0 Å². The van der Waals surface area contributed by atoms with Crippen molar-refractivity contribution in [3.63, 3.8) is 0 Å². The molecule has 2 heterocycles. The van der Waals surface area contributed by atoms with Gasteiger partial charge in [0, 0.05) is 11.3 Å². The Balaban J connectivity index is 1.35. The number of hydrogen-bond acceptors (Lipinski definition) is 5. The first-order chi connectivity index (χ1) is 12.6. The first kappa shape index (κ1) is 16.3. The van der Waals surface area contributed by atoms with Gasteiger partial charge in [0.25, 0.3) is 5.91 Å². The number of carbonyl (C=O) groups excluding carboxylic acids is 2. The number of hydrogen-bond donors (Lipinski definition) is 1. The van der Waals surface area contributed by atoms with Crippen molar-refractivity contribution in [1.82, 2.24) is 5.32 Å². The third-order valence-electron chi connectivity index (χ3n) is 4.34. The van der Waals surface area contributed by atoms with Crippen molar-refractivity contribution in [2.45, 2.75) is 13.0 Å². The van der Waals surface area contributed by atoms with Crippen LogP contribution >= 0.6 is 0 Å². The number of aryl methyl sites for hydroxylation is 1. The predicted molar refractivity (Wildman–Crippen MR) is 93.7 cm³/mol. The number of cyclic esters (lactones) is 1. The second kappa shape index (κ2) is 6.59. The first-order valence-electron chi connectivity index (χ1n) is 8.33. The zero-order chi connectivity index (χ0) is 18.1. The normalized spacial score (nSPS) is 18.0. The van der Waals surface area contributed by atoms with E-state index in [-0.39, 0.29) is 19.2 Å². The van der Waals surface area contributed by atoms with Crippen molar-refractivity contribution in [3.05, 3.63) is 53.6 Å². The van der Waals surface area contributed by atoms with Crippen molar-refractivity contribution in [2.24, 2.45) is 0 Å². The lowest BCUT2D eigenvalue weighted by molar-refractivity contribution is 0.0915. The molecule has 1 fully saturated rings. The topological polar surface area (TPSA) is 77.1 Å². The maximum atomic E-state index is 12.3. The molecule has 2 aliphatic rings. The molecule has 2 amide bonds. The van der Waals surface area contributed by atoms with Gasteiger partial charge in [0.1, 0.15) is 6.10 Å². The number of fused-ring (bicyclic) bond motifs is 1. The van der Waals surface area contributed by atoms with Gasteiger partial charge in [-0.2, -0.15) is 0 Å². The Labute approximate surface area is 150 Å². The predicted octanol–water partition coefficient (Wildman–Crippen LogP) is 2.48. The maximum absolute atomic E-state index is 12.3. The average Bonchev–Trinajstić information content (AvgIpc) is 3.26. The molecular formula is C19H18N2O5. The Morgan fingerprint density at radius 1 is 1.15 bits per heavy atom. The molecule has 4 rings (SSSR count). The molecule has 7 nitrogen and oxygen atoms in total. The third-order valence-corrected chi connectivity index (χ3v) is 4.34. The smallest absolute Gasteiger partial charge is 0.414 e. The fraction of sp³-hybridized carbons (Fsp3) is 0.263. The summed E-state index contributed by atoms with van der Waals surface area (Å²) in [6.45, 7) is 2.78. The van der Waals surface area contributed by atoms with Crippen LogP contribution in [0.2, 0.25) is 0 Å². The Kier molecular flexibility index (Phi) is 4.12. The van der Waals surface area contributed by atoms with Crippen molar-refractivity contribution in [1.29, 1.82) is 0 Å². The van der Waals surface area contributed by atoms with Crippen molar-refractivity contribution in [3.8, 4) is 11.5 Å². The zero-order valence-electron chi connectivity index (χ0n) is 14.2. The number of rotatable bonds is 4. The molecule has 26 heavy (non-hydrogen) atoms. The minimum atomic E-state index is -0.406.